The third-order valence-electron chi connectivity index (χ3n) is 8.96. The molecule has 0 N–H and O–H groups in total. The smallest absolute Gasteiger partial charge is 0.469 e. The molecule has 7 heteroatoms. The number of benzene rings is 1. The molecule has 4 aliphatic carbocycles. The number of esters is 1. The second-order valence-corrected chi connectivity index (χ2v) is 11.4. The summed E-state index contributed by atoms with van der Waals surface area (Å²) in [6.07, 6.45) is 4.29. The van der Waals surface area contributed by atoms with E-state index in [9.17, 15) is 4.79 Å². The van der Waals surface area contributed by atoms with Gasteiger partial charge in [-0.1, -0.05) is 47.6 Å². The Labute approximate surface area is 211 Å². The number of ether oxygens (including phenoxy) is 3. The number of hydrogen-bond donors (Lipinski definition) is 0. The van der Waals surface area contributed by atoms with Crippen LogP contribution in [0.25, 0.3) is 0 Å². The fraction of sp³-hybridized carbons (Fsp3) is 0.750. The van der Waals surface area contributed by atoms with Gasteiger partial charge in [0.05, 0.1) is 18.8 Å². The monoisotopic (exact) mass is 486 g/mol. The number of rotatable bonds is 3. The lowest BCUT2D eigenvalue weighted by Crippen LogP contribution is -2.65. The Hall–Kier alpha value is -1.73. The summed E-state index contributed by atoms with van der Waals surface area (Å²) in [5, 5.41) is -0.307. The van der Waals surface area contributed by atoms with Crippen molar-refractivity contribution in [3.63, 3.8) is 0 Å². The van der Waals surface area contributed by atoms with E-state index in [1.165, 1.54) is 6.42 Å². The topological polar surface area (TPSA) is 63.2 Å². The molecule has 5 fully saturated rings. The molecule has 0 radical (unpaired) electrons. The van der Waals surface area contributed by atoms with Gasteiger partial charge in [-0.25, -0.2) is 4.79 Å². The molecule has 35 heavy (non-hydrogen) atoms. The molecule has 6 aliphatic rings. The quantitative estimate of drug-likeness (QED) is 0.367. The fourth-order valence-electron chi connectivity index (χ4n) is 6.84. The van der Waals surface area contributed by atoms with Crippen molar-refractivity contribution in [1.82, 2.24) is 0 Å². The first kappa shape index (κ1) is 26.3. The predicted octanol–water partition coefficient (Wildman–Crippen LogP) is 6.33. The number of carbonyl (C=O) groups is 1. The summed E-state index contributed by atoms with van der Waals surface area (Å²) in [7, 11) is 1.22. The summed E-state index contributed by atoms with van der Waals surface area (Å²) in [6, 6.07) is 3.85. The number of cyclic esters (lactones) is 1. The molecule has 1 aromatic carbocycles. The van der Waals surface area contributed by atoms with Gasteiger partial charge in [0.1, 0.15) is 17.1 Å². The van der Waals surface area contributed by atoms with Crippen LogP contribution in [-0.2, 0) is 19.4 Å². The van der Waals surface area contributed by atoms with E-state index in [0.29, 0.717) is 34.3 Å². The van der Waals surface area contributed by atoms with Gasteiger partial charge in [-0.15, -0.1) is 0 Å². The zero-order chi connectivity index (χ0) is 26.0. The Bertz CT molecular complexity index is 984. The van der Waals surface area contributed by atoms with Gasteiger partial charge in [0, 0.05) is 19.2 Å². The van der Waals surface area contributed by atoms with Crippen LogP contribution >= 0.6 is 0 Å². The second-order valence-electron chi connectivity index (χ2n) is 11.4. The van der Waals surface area contributed by atoms with Crippen LogP contribution in [0.2, 0.25) is 0 Å². The zero-order valence-corrected chi connectivity index (χ0v) is 23.2. The van der Waals surface area contributed by atoms with E-state index in [1.54, 1.807) is 21.0 Å². The molecule has 7 rings (SSSR count). The molecule has 0 aromatic heterocycles. The first-order valence-electron chi connectivity index (χ1n) is 13.5. The molecule has 1 saturated heterocycles. The third-order valence-corrected chi connectivity index (χ3v) is 8.96. The van der Waals surface area contributed by atoms with Crippen molar-refractivity contribution in [3.05, 3.63) is 23.3 Å². The van der Waals surface area contributed by atoms with Crippen LogP contribution < -0.4 is 9.47 Å². The average molecular weight is 486 g/mol. The minimum Gasteiger partial charge on any atom is -0.496 e. The third kappa shape index (κ3) is 3.71. The van der Waals surface area contributed by atoms with Crippen molar-refractivity contribution in [1.29, 1.82) is 0 Å². The van der Waals surface area contributed by atoms with Gasteiger partial charge in [0.15, 0.2) is 0 Å². The molecular formula is C28H43BO6. The van der Waals surface area contributed by atoms with Crippen molar-refractivity contribution >= 4 is 13.1 Å². The second kappa shape index (κ2) is 8.69. The Kier molecular flexibility index (Phi) is 6.54. The molecule has 4 atom stereocenters. The fourth-order valence-corrected chi connectivity index (χ4v) is 6.84. The van der Waals surface area contributed by atoms with Crippen LogP contribution in [0, 0.1) is 17.3 Å². The Morgan fingerprint density at radius 1 is 0.971 bits per heavy atom. The lowest BCUT2D eigenvalue weighted by atomic mass is 9.43. The predicted molar refractivity (Wildman–Crippen MR) is 137 cm³/mol. The lowest BCUT2D eigenvalue weighted by molar-refractivity contribution is -0.199. The van der Waals surface area contributed by atoms with Crippen molar-refractivity contribution in [2.45, 2.75) is 111 Å². The molecule has 2 heterocycles. The van der Waals surface area contributed by atoms with E-state index in [2.05, 4.69) is 20.8 Å². The summed E-state index contributed by atoms with van der Waals surface area (Å²) in [5.41, 5.74) is 1.36. The van der Waals surface area contributed by atoms with E-state index in [4.69, 9.17) is 23.5 Å². The highest BCUT2D eigenvalue weighted by Crippen LogP contribution is 2.68. The number of hydrogen-bond acceptors (Lipinski definition) is 6. The molecule has 4 saturated carbocycles. The van der Waals surface area contributed by atoms with Crippen molar-refractivity contribution in [2.24, 2.45) is 17.3 Å². The van der Waals surface area contributed by atoms with Crippen LogP contribution in [0.15, 0.2) is 12.1 Å². The van der Waals surface area contributed by atoms with Crippen molar-refractivity contribution in [3.8, 4) is 11.5 Å². The molecule has 1 aromatic rings. The zero-order valence-electron chi connectivity index (χ0n) is 23.2. The molecule has 0 amide bonds. The summed E-state index contributed by atoms with van der Waals surface area (Å²) in [4.78, 5) is 12.8. The Morgan fingerprint density at radius 3 is 2.20 bits per heavy atom. The van der Waals surface area contributed by atoms with E-state index in [-0.39, 0.29) is 24.1 Å². The van der Waals surface area contributed by atoms with Gasteiger partial charge >= 0.3 is 13.1 Å². The average Bonchev–Trinajstić information content (AvgIpc) is 3.54. The van der Waals surface area contributed by atoms with E-state index >= 15 is 0 Å². The van der Waals surface area contributed by atoms with Gasteiger partial charge < -0.3 is 23.5 Å². The van der Waals surface area contributed by atoms with Crippen molar-refractivity contribution in [2.75, 3.05) is 7.11 Å². The SMILES string of the molecule is CC.CC.COc1ccc(C2(B3OC4CC5CC(C5(C)C)C4(C)O3)CC2)c2c1C(=O)OC(C)(C)O2. The molecule has 0 spiro atoms. The lowest BCUT2D eigenvalue weighted by Gasteiger charge is -2.64. The maximum Gasteiger partial charge on any atom is 0.469 e. The van der Waals surface area contributed by atoms with Crippen LogP contribution in [-0.4, -0.2) is 37.7 Å². The van der Waals surface area contributed by atoms with E-state index < -0.39 is 11.8 Å². The van der Waals surface area contributed by atoms with Crippen LogP contribution in [0.3, 0.4) is 0 Å². The maximum absolute atomic E-state index is 12.8. The van der Waals surface area contributed by atoms with Crippen LogP contribution in [0.4, 0.5) is 0 Å². The largest absolute Gasteiger partial charge is 0.496 e. The standard InChI is InChI=1S/C24H31BO6.2C2H6/c1-21(2)13-11-16(21)23(5)17(12-13)30-25(31-23)24(9-10-24)14-7-8-15(27-6)18-19(14)28-22(3,4)29-20(18)26;2*1-2/h7-8,13,16-17H,9-12H2,1-6H3;2*1-2H3. The van der Waals surface area contributed by atoms with Gasteiger partial charge in [0.2, 0.25) is 5.79 Å². The normalized spacial score (nSPS) is 33.7. The van der Waals surface area contributed by atoms with Crippen molar-refractivity contribution < 1.29 is 28.3 Å². The van der Waals surface area contributed by atoms with Crippen LogP contribution in [0.5, 0.6) is 11.5 Å². The molecule has 2 bridgehead atoms. The summed E-state index contributed by atoms with van der Waals surface area (Å²) >= 11 is 0. The molecule has 4 unspecified atom stereocenters. The number of methoxy groups -OCH3 is 1. The minimum absolute atomic E-state index is 0.128. The van der Waals surface area contributed by atoms with Gasteiger partial charge in [-0.2, -0.15) is 0 Å². The van der Waals surface area contributed by atoms with Gasteiger partial charge in [-0.05, 0) is 61.5 Å². The first-order chi connectivity index (χ1) is 16.5. The first-order valence-corrected chi connectivity index (χ1v) is 13.5. The van der Waals surface area contributed by atoms with Gasteiger partial charge in [0.25, 0.3) is 0 Å². The number of carbonyl (C=O) groups excluding carboxylic acids is 1. The molecule has 194 valence electrons. The Balaban J connectivity index is 0.000000689. The van der Waals surface area contributed by atoms with E-state index in [0.717, 1.165) is 24.8 Å². The summed E-state index contributed by atoms with van der Waals surface area (Å²) in [5.74, 6) is 0.781. The molecule has 6 nitrogen and oxygen atoms in total. The summed E-state index contributed by atoms with van der Waals surface area (Å²) < 4.78 is 30.6. The minimum atomic E-state index is -1.04. The molecule has 2 aliphatic heterocycles. The van der Waals surface area contributed by atoms with Gasteiger partial charge in [-0.3, -0.25) is 0 Å². The Morgan fingerprint density at radius 2 is 1.63 bits per heavy atom. The summed E-state index contributed by atoms with van der Waals surface area (Å²) in [6.45, 7) is 18.5. The highest BCUT2D eigenvalue weighted by atomic mass is 16.7. The highest BCUT2D eigenvalue weighted by molar-refractivity contribution is 6.51. The highest BCUT2D eigenvalue weighted by Gasteiger charge is 2.72. The van der Waals surface area contributed by atoms with Crippen LogP contribution in [0.1, 0.15) is 104 Å². The molecular weight excluding hydrogens is 443 g/mol. The van der Waals surface area contributed by atoms with E-state index in [1.807, 2.05) is 39.8 Å². The number of fused-ring (bicyclic) bond motifs is 1. The maximum atomic E-state index is 12.8.